The minimum atomic E-state index is -4.05. The van der Waals surface area contributed by atoms with Crippen LogP contribution in [0, 0.1) is 10.1 Å². The Kier molecular flexibility index (Phi) is 4.84. The molecule has 0 saturated carbocycles. The van der Waals surface area contributed by atoms with Crippen LogP contribution in [0.25, 0.3) is 0 Å². The van der Waals surface area contributed by atoms with Crippen molar-refractivity contribution in [1.29, 1.82) is 0 Å². The largest absolute Gasteiger partial charge is 0.495 e. The lowest BCUT2D eigenvalue weighted by atomic mass is 10.2. The number of nitro groups is 1. The van der Waals surface area contributed by atoms with Gasteiger partial charge in [0.2, 0.25) is 0 Å². The van der Waals surface area contributed by atoms with Gasteiger partial charge in [-0.25, -0.2) is 8.42 Å². The Morgan fingerprint density at radius 3 is 2.50 bits per heavy atom. The monoisotopic (exact) mass is 350 g/mol. The molecule has 2 rings (SSSR count). The van der Waals surface area contributed by atoms with Crippen molar-refractivity contribution in [3.63, 3.8) is 0 Å². The van der Waals surface area contributed by atoms with E-state index in [0.717, 1.165) is 6.07 Å². The van der Waals surface area contributed by atoms with Crippen LogP contribution >= 0.6 is 0 Å². The molecule has 0 radical (unpaired) electrons. The van der Waals surface area contributed by atoms with Crippen molar-refractivity contribution >= 4 is 27.2 Å². The van der Waals surface area contributed by atoms with Crippen LogP contribution in [0.3, 0.4) is 0 Å². The number of hydrogen-bond donors (Lipinski definition) is 1. The van der Waals surface area contributed by atoms with Gasteiger partial charge in [-0.2, -0.15) is 0 Å². The summed E-state index contributed by atoms with van der Waals surface area (Å²) in [5.41, 5.74) is -0.116. The number of non-ortho nitro benzene ring substituents is 1. The van der Waals surface area contributed by atoms with Gasteiger partial charge in [0.1, 0.15) is 5.75 Å². The Morgan fingerprint density at radius 1 is 1.21 bits per heavy atom. The number of ketones is 1. The molecule has 0 spiro atoms. The maximum absolute atomic E-state index is 12.5. The molecule has 0 bridgehead atoms. The molecule has 0 unspecified atom stereocenters. The minimum Gasteiger partial charge on any atom is -0.495 e. The van der Waals surface area contributed by atoms with Crippen molar-refractivity contribution in [2.24, 2.45) is 0 Å². The second-order valence-corrected chi connectivity index (χ2v) is 6.51. The fraction of sp³-hybridized carbons (Fsp3) is 0.133. The smallest absolute Gasteiger partial charge is 0.271 e. The Balaban J connectivity index is 2.46. The summed E-state index contributed by atoms with van der Waals surface area (Å²) in [5, 5.41) is 10.9. The van der Waals surface area contributed by atoms with E-state index in [4.69, 9.17) is 4.74 Å². The molecule has 0 atom stereocenters. The Hall–Kier alpha value is -2.94. The first kappa shape index (κ1) is 17.4. The van der Waals surface area contributed by atoms with Crippen molar-refractivity contribution < 1.29 is 22.9 Å². The van der Waals surface area contributed by atoms with E-state index in [-0.39, 0.29) is 33.4 Å². The Labute approximate surface area is 138 Å². The molecule has 126 valence electrons. The molecule has 2 aromatic rings. The number of ether oxygens (including phenoxy) is 1. The van der Waals surface area contributed by atoms with Gasteiger partial charge in [-0.05, 0) is 25.1 Å². The van der Waals surface area contributed by atoms with Crippen molar-refractivity contribution in [2.75, 3.05) is 11.8 Å². The lowest BCUT2D eigenvalue weighted by Crippen LogP contribution is -2.14. The molecular weight excluding hydrogens is 336 g/mol. The minimum absolute atomic E-state index is 0.0695. The van der Waals surface area contributed by atoms with Crippen LogP contribution in [-0.4, -0.2) is 26.2 Å². The third-order valence-corrected chi connectivity index (χ3v) is 4.55. The lowest BCUT2D eigenvalue weighted by Gasteiger charge is -2.12. The molecule has 0 fully saturated rings. The average Bonchev–Trinajstić information content (AvgIpc) is 2.54. The third-order valence-electron chi connectivity index (χ3n) is 3.19. The number of anilines is 1. The molecular formula is C15H14N2O6S. The van der Waals surface area contributed by atoms with Crippen LogP contribution in [0.15, 0.2) is 47.4 Å². The van der Waals surface area contributed by atoms with Crippen LogP contribution in [0.5, 0.6) is 5.75 Å². The standard InChI is InChI=1S/C15H14N2O6S/c1-10(18)11-4-3-5-13(8-11)24(21,22)16-14-9-12(17(19)20)6-7-15(14)23-2/h3-9,16H,1-2H3. The molecule has 0 heterocycles. The fourth-order valence-corrected chi connectivity index (χ4v) is 3.08. The number of carbonyl (C=O) groups excluding carboxylic acids is 1. The number of nitrogens with one attached hydrogen (secondary N) is 1. The summed E-state index contributed by atoms with van der Waals surface area (Å²) in [6.07, 6.45) is 0. The number of nitrogens with zero attached hydrogens (tertiary/aromatic N) is 1. The van der Waals surface area contributed by atoms with E-state index in [2.05, 4.69) is 4.72 Å². The van der Waals surface area contributed by atoms with Crippen molar-refractivity contribution in [3.8, 4) is 5.75 Å². The number of rotatable bonds is 6. The highest BCUT2D eigenvalue weighted by atomic mass is 32.2. The van der Waals surface area contributed by atoms with Crippen LogP contribution in [0.1, 0.15) is 17.3 Å². The average molecular weight is 350 g/mol. The molecule has 0 aliphatic heterocycles. The van der Waals surface area contributed by atoms with E-state index in [0.29, 0.717) is 0 Å². The van der Waals surface area contributed by atoms with E-state index < -0.39 is 14.9 Å². The lowest BCUT2D eigenvalue weighted by molar-refractivity contribution is -0.384. The molecule has 9 heteroatoms. The molecule has 0 aliphatic rings. The summed E-state index contributed by atoms with van der Waals surface area (Å²) >= 11 is 0. The SMILES string of the molecule is COc1ccc([N+](=O)[O-])cc1NS(=O)(=O)c1cccc(C(C)=O)c1. The zero-order valence-corrected chi connectivity index (χ0v) is 13.7. The third kappa shape index (κ3) is 3.69. The Morgan fingerprint density at radius 2 is 1.92 bits per heavy atom. The summed E-state index contributed by atoms with van der Waals surface area (Å²) in [4.78, 5) is 21.5. The molecule has 0 amide bonds. The molecule has 1 N–H and O–H groups in total. The zero-order chi connectivity index (χ0) is 17.9. The summed E-state index contributed by atoms with van der Waals surface area (Å²) in [6, 6.07) is 9.04. The highest BCUT2D eigenvalue weighted by molar-refractivity contribution is 7.92. The number of benzene rings is 2. The molecule has 8 nitrogen and oxygen atoms in total. The molecule has 24 heavy (non-hydrogen) atoms. The van der Waals surface area contributed by atoms with Crippen molar-refractivity contribution in [3.05, 3.63) is 58.1 Å². The summed E-state index contributed by atoms with van der Waals surface area (Å²) in [7, 11) is -2.73. The van der Waals surface area contributed by atoms with E-state index in [1.54, 1.807) is 0 Å². The zero-order valence-electron chi connectivity index (χ0n) is 12.8. The van der Waals surface area contributed by atoms with Gasteiger partial charge in [0.25, 0.3) is 15.7 Å². The van der Waals surface area contributed by atoms with Gasteiger partial charge in [0, 0.05) is 17.7 Å². The van der Waals surface area contributed by atoms with Crippen LogP contribution in [0.2, 0.25) is 0 Å². The first-order chi connectivity index (χ1) is 11.2. The van der Waals surface area contributed by atoms with Gasteiger partial charge in [-0.1, -0.05) is 12.1 Å². The van der Waals surface area contributed by atoms with Gasteiger partial charge < -0.3 is 4.74 Å². The Bertz CT molecular complexity index is 908. The summed E-state index contributed by atoms with van der Waals surface area (Å²) in [5.74, 6) is -0.146. The fourth-order valence-electron chi connectivity index (χ4n) is 1.98. The number of nitro benzene ring substituents is 1. The van der Waals surface area contributed by atoms with Crippen LogP contribution < -0.4 is 9.46 Å². The number of sulfonamides is 1. The van der Waals surface area contributed by atoms with E-state index in [1.165, 1.54) is 50.4 Å². The van der Waals surface area contributed by atoms with Crippen LogP contribution in [-0.2, 0) is 10.0 Å². The first-order valence-corrected chi connectivity index (χ1v) is 8.19. The predicted octanol–water partition coefficient (Wildman–Crippen LogP) is 2.61. The van der Waals surface area contributed by atoms with Gasteiger partial charge in [-0.3, -0.25) is 19.6 Å². The number of Topliss-reactive ketones (excluding diaryl/α,β-unsaturated/α-hetero) is 1. The highest BCUT2D eigenvalue weighted by Gasteiger charge is 2.20. The summed E-state index contributed by atoms with van der Waals surface area (Å²) in [6.45, 7) is 1.32. The van der Waals surface area contributed by atoms with Crippen LogP contribution in [0.4, 0.5) is 11.4 Å². The predicted molar refractivity (Wildman–Crippen MR) is 86.9 cm³/mol. The van der Waals surface area contributed by atoms with E-state index in [1.807, 2.05) is 0 Å². The molecule has 0 saturated heterocycles. The van der Waals surface area contributed by atoms with Crippen molar-refractivity contribution in [1.82, 2.24) is 0 Å². The van der Waals surface area contributed by atoms with Gasteiger partial charge in [0.05, 0.1) is 22.6 Å². The van der Waals surface area contributed by atoms with Gasteiger partial charge in [0.15, 0.2) is 5.78 Å². The first-order valence-electron chi connectivity index (χ1n) is 6.71. The highest BCUT2D eigenvalue weighted by Crippen LogP contribution is 2.30. The van der Waals surface area contributed by atoms with Crippen molar-refractivity contribution in [2.45, 2.75) is 11.8 Å². The normalized spacial score (nSPS) is 10.9. The number of hydrogen-bond acceptors (Lipinski definition) is 6. The molecule has 0 aromatic heterocycles. The van der Waals surface area contributed by atoms with Gasteiger partial charge >= 0.3 is 0 Å². The van der Waals surface area contributed by atoms with Gasteiger partial charge in [-0.15, -0.1) is 0 Å². The maximum atomic E-state index is 12.5. The number of methoxy groups -OCH3 is 1. The number of carbonyl (C=O) groups is 1. The second-order valence-electron chi connectivity index (χ2n) is 4.83. The second kappa shape index (κ2) is 6.67. The molecule has 0 aliphatic carbocycles. The molecule has 2 aromatic carbocycles. The van der Waals surface area contributed by atoms with E-state index >= 15 is 0 Å². The quantitative estimate of drug-likeness (QED) is 0.486. The maximum Gasteiger partial charge on any atom is 0.271 e. The summed E-state index contributed by atoms with van der Waals surface area (Å²) < 4.78 is 32.2. The topological polar surface area (TPSA) is 116 Å². The van der Waals surface area contributed by atoms with E-state index in [9.17, 15) is 23.3 Å².